The quantitative estimate of drug-likeness (QED) is 0.710. The Morgan fingerprint density at radius 2 is 2.16 bits per heavy atom. The van der Waals surface area contributed by atoms with E-state index in [1.165, 1.54) is 0 Å². The standard InChI is InChI=1S/C11H10N4O2S.Sn/c1-7(4-12)9-5-13-10-11(18(3,16)17)14-8(2)6-15(9)10;/h1,4-6H,2-3H3;/q-1;+1. The molecule has 8 heteroatoms. The van der Waals surface area contributed by atoms with E-state index in [1.54, 1.807) is 23.7 Å². The van der Waals surface area contributed by atoms with Crippen LogP contribution in [-0.4, -0.2) is 56.7 Å². The van der Waals surface area contributed by atoms with Crippen molar-refractivity contribution in [2.45, 2.75) is 11.9 Å². The van der Waals surface area contributed by atoms with E-state index in [-0.39, 0.29) is 5.03 Å². The van der Waals surface area contributed by atoms with Crippen molar-refractivity contribution in [1.29, 1.82) is 0 Å². The van der Waals surface area contributed by atoms with Gasteiger partial charge < -0.3 is 0 Å². The molecule has 2 aromatic rings. The summed E-state index contributed by atoms with van der Waals surface area (Å²) in [5.41, 5.74) is 2.90. The number of sulfone groups is 1. The SMILES string of the molecule is Cc1cn2c(C3=[CH][Sn][N]=C3)cnc2c(S(C)(=O)=O)n1. The molecule has 0 spiro atoms. The molecule has 0 saturated heterocycles. The van der Waals surface area contributed by atoms with E-state index in [1.807, 2.05) is 6.21 Å². The average Bonchev–Trinajstić information content (AvgIpc) is 2.93. The van der Waals surface area contributed by atoms with Gasteiger partial charge >= 0.3 is 121 Å². The summed E-state index contributed by atoms with van der Waals surface area (Å²) < 4.78 is 31.8. The van der Waals surface area contributed by atoms with Gasteiger partial charge in [-0.2, -0.15) is 0 Å². The number of nitrogens with zero attached hydrogens (tertiary/aromatic N) is 4. The van der Waals surface area contributed by atoms with Gasteiger partial charge in [-0.05, 0) is 0 Å². The van der Waals surface area contributed by atoms with Gasteiger partial charge in [0.2, 0.25) is 0 Å². The zero-order valence-electron chi connectivity index (χ0n) is 10.3. The third kappa shape index (κ3) is 2.20. The van der Waals surface area contributed by atoms with E-state index in [2.05, 4.69) is 17.3 Å². The molecule has 0 saturated carbocycles. The molecule has 0 aliphatic carbocycles. The molecular weight excluding hydrogens is 371 g/mol. The van der Waals surface area contributed by atoms with E-state index in [9.17, 15) is 8.42 Å². The van der Waals surface area contributed by atoms with Crippen molar-refractivity contribution in [3.63, 3.8) is 0 Å². The van der Waals surface area contributed by atoms with Crippen LogP contribution >= 0.6 is 0 Å². The number of fused-ring (bicyclic) bond motifs is 1. The summed E-state index contributed by atoms with van der Waals surface area (Å²) in [6.45, 7) is 1.77. The Kier molecular flexibility index (Phi) is 2.97. The Balaban J connectivity index is 2.36. The van der Waals surface area contributed by atoms with Crippen LogP contribution in [0.25, 0.3) is 11.2 Å². The molecule has 1 aliphatic rings. The number of aromatic nitrogens is 3. The summed E-state index contributed by atoms with van der Waals surface area (Å²) in [7, 11) is -3.40. The van der Waals surface area contributed by atoms with Gasteiger partial charge in [-0.1, -0.05) is 0 Å². The normalized spacial score (nSPS) is 15.2. The van der Waals surface area contributed by atoms with Gasteiger partial charge in [-0.15, -0.1) is 0 Å². The number of allylic oxidation sites excluding steroid dienone is 1. The summed E-state index contributed by atoms with van der Waals surface area (Å²) in [5, 5.41) is 0.0225. The molecule has 6 nitrogen and oxygen atoms in total. The van der Waals surface area contributed by atoms with E-state index in [4.69, 9.17) is 0 Å². The fourth-order valence-corrected chi connectivity index (χ4v) is 4.58. The van der Waals surface area contributed by atoms with Crippen molar-refractivity contribution >= 4 is 48.7 Å². The molecule has 0 bridgehead atoms. The van der Waals surface area contributed by atoms with Crippen molar-refractivity contribution in [3.8, 4) is 0 Å². The summed E-state index contributed by atoms with van der Waals surface area (Å²) in [6, 6.07) is 0. The van der Waals surface area contributed by atoms with Gasteiger partial charge in [0.1, 0.15) is 0 Å². The second kappa shape index (κ2) is 4.41. The van der Waals surface area contributed by atoms with Crippen LogP contribution in [0.4, 0.5) is 0 Å². The van der Waals surface area contributed by atoms with Gasteiger partial charge in [0, 0.05) is 0 Å². The minimum atomic E-state index is -3.40. The Bertz CT molecular complexity index is 836. The number of imidazole rings is 1. The Morgan fingerprint density at radius 1 is 1.37 bits per heavy atom. The molecule has 0 atom stereocenters. The van der Waals surface area contributed by atoms with Crippen LogP contribution in [0.2, 0.25) is 0 Å². The number of hydrogen-bond donors (Lipinski definition) is 0. The van der Waals surface area contributed by atoms with E-state index in [0.29, 0.717) is 11.3 Å². The van der Waals surface area contributed by atoms with Crippen molar-refractivity contribution in [1.82, 2.24) is 14.4 Å². The minimum absolute atomic E-state index is 0.0225. The molecule has 1 aliphatic heterocycles. The summed E-state index contributed by atoms with van der Waals surface area (Å²) in [4.78, 5) is 8.31. The van der Waals surface area contributed by atoms with Crippen molar-refractivity contribution in [3.05, 3.63) is 27.9 Å². The molecule has 2 radical (unpaired) electrons. The topological polar surface area (TPSA) is 76.7 Å². The van der Waals surface area contributed by atoms with Crippen LogP contribution in [0, 0.1) is 6.92 Å². The Morgan fingerprint density at radius 3 is 2.79 bits per heavy atom. The fraction of sp³-hybridized carbons (Fsp3) is 0.182. The summed E-state index contributed by atoms with van der Waals surface area (Å²) >= 11 is -0.765. The number of aryl methyl sites for hydroxylation is 1. The van der Waals surface area contributed by atoms with Crippen LogP contribution in [0.15, 0.2) is 24.7 Å². The van der Waals surface area contributed by atoms with Crippen LogP contribution in [0.5, 0.6) is 0 Å². The molecular formula is C11H10N4O2SSn. The third-order valence-corrected chi connectivity index (χ3v) is 5.75. The predicted octanol–water partition coefficient (Wildman–Crippen LogP) is 0.486. The summed E-state index contributed by atoms with van der Waals surface area (Å²) in [6.07, 6.45) is 6.46. The molecule has 96 valence electrons. The average molecular weight is 381 g/mol. The fourth-order valence-electron chi connectivity index (χ4n) is 1.93. The number of rotatable bonds is 2. The van der Waals surface area contributed by atoms with E-state index >= 15 is 0 Å². The van der Waals surface area contributed by atoms with Crippen molar-refractivity contribution < 1.29 is 8.42 Å². The van der Waals surface area contributed by atoms with Gasteiger partial charge in [-0.3, -0.25) is 0 Å². The molecule has 0 amide bonds. The first kappa shape index (κ1) is 12.8. The zero-order valence-corrected chi connectivity index (χ0v) is 14.0. The van der Waals surface area contributed by atoms with Crippen molar-refractivity contribution in [2.75, 3.05) is 6.26 Å². The maximum atomic E-state index is 11.8. The van der Waals surface area contributed by atoms with Gasteiger partial charge in [0.15, 0.2) is 0 Å². The first-order valence-corrected chi connectivity index (χ1v) is 10.3. The molecule has 3 heterocycles. The van der Waals surface area contributed by atoms with E-state index < -0.39 is 31.3 Å². The Labute approximate surface area is 120 Å². The monoisotopic (exact) mass is 382 g/mol. The number of hydrogen-bond acceptors (Lipinski definition) is 5. The second-order valence-electron chi connectivity index (χ2n) is 4.28. The predicted molar refractivity (Wildman–Crippen MR) is 73.1 cm³/mol. The molecule has 0 unspecified atom stereocenters. The maximum absolute atomic E-state index is 11.8. The third-order valence-electron chi connectivity index (χ3n) is 2.73. The zero-order chi connectivity index (χ0) is 13.6. The van der Waals surface area contributed by atoms with Gasteiger partial charge in [0.25, 0.3) is 0 Å². The van der Waals surface area contributed by atoms with Gasteiger partial charge in [-0.25, -0.2) is 0 Å². The molecule has 0 aromatic carbocycles. The molecule has 19 heavy (non-hydrogen) atoms. The van der Waals surface area contributed by atoms with Crippen LogP contribution in [0.3, 0.4) is 0 Å². The molecule has 2 aromatic heterocycles. The first-order chi connectivity index (χ1) is 8.97. The van der Waals surface area contributed by atoms with Crippen LogP contribution in [0.1, 0.15) is 11.4 Å². The van der Waals surface area contributed by atoms with Gasteiger partial charge in [0.05, 0.1) is 0 Å². The van der Waals surface area contributed by atoms with E-state index in [0.717, 1.165) is 17.5 Å². The first-order valence-electron chi connectivity index (χ1n) is 5.51. The molecule has 0 fully saturated rings. The molecule has 0 N–H and O–H groups in total. The Hall–Kier alpha value is -1.22. The van der Waals surface area contributed by atoms with Crippen molar-refractivity contribution in [2.24, 2.45) is 3.21 Å². The second-order valence-corrected chi connectivity index (χ2v) is 8.51. The van der Waals surface area contributed by atoms with Crippen LogP contribution < -0.4 is 0 Å². The molecule has 3 rings (SSSR count). The summed E-state index contributed by atoms with van der Waals surface area (Å²) in [5.74, 6) is 0. The van der Waals surface area contributed by atoms with Crippen LogP contribution in [-0.2, 0) is 9.84 Å².